The first-order valence-electron chi connectivity index (χ1n) is 3.71. The molecule has 6 nitrogen and oxygen atoms in total. The average molecular weight is 191 g/mol. The van der Waals surface area contributed by atoms with E-state index >= 15 is 0 Å². The first-order chi connectivity index (χ1) is 6.70. The van der Waals surface area contributed by atoms with E-state index in [4.69, 9.17) is 5.11 Å². The van der Waals surface area contributed by atoms with Crippen LogP contribution in [0.3, 0.4) is 0 Å². The van der Waals surface area contributed by atoms with Crippen LogP contribution in [0.15, 0.2) is 18.7 Å². The molecule has 0 fully saturated rings. The minimum Gasteiger partial charge on any atom is -0.504 e. The van der Waals surface area contributed by atoms with Gasteiger partial charge in [0.25, 0.3) is 0 Å². The predicted molar refractivity (Wildman–Crippen MR) is 46.0 cm³/mol. The van der Waals surface area contributed by atoms with Crippen LogP contribution in [0.1, 0.15) is 10.5 Å². The molecule has 0 aliphatic carbocycles. The maximum Gasteiger partial charge on any atom is 0.358 e. The van der Waals surface area contributed by atoms with Crippen LogP contribution < -0.4 is 0 Å². The van der Waals surface area contributed by atoms with Crippen molar-refractivity contribution >= 4 is 16.9 Å². The van der Waals surface area contributed by atoms with Gasteiger partial charge in [-0.3, -0.25) is 0 Å². The van der Waals surface area contributed by atoms with E-state index < -0.39 is 17.4 Å². The van der Waals surface area contributed by atoms with Gasteiger partial charge in [0.1, 0.15) is 11.8 Å². The van der Waals surface area contributed by atoms with Crippen LogP contribution in [-0.2, 0) is 0 Å². The van der Waals surface area contributed by atoms with Crippen LogP contribution in [0.2, 0.25) is 0 Å². The first kappa shape index (κ1) is 8.36. The Bertz CT molecular complexity index is 512. The number of carbonyl (C=O) groups is 1. The number of aromatic hydroxyl groups is 1. The second kappa shape index (κ2) is 2.91. The standard InChI is InChI=1S/C8H5N3O3/c12-7-5-4(1-9-3-11-5)2-10-6(7)8(13)14/h1-3,12H,(H,13,14). The lowest BCUT2D eigenvalue weighted by molar-refractivity contribution is 0.0687. The molecule has 6 heteroatoms. The zero-order valence-electron chi connectivity index (χ0n) is 6.88. The second-order valence-corrected chi connectivity index (χ2v) is 2.59. The maximum absolute atomic E-state index is 10.6. The monoisotopic (exact) mass is 191 g/mol. The number of pyridine rings is 1. The molecule has 70 valence electrons. The Morgan fingerprint density at radius 3 is 2.79 bits per heavy atom. The van der Waals surface area contributed by atoms with Gasteiger partial charge >= 0.3 is 5.97 Å². The number of hydrogen-bond donors (Lipinski definition) is 2. The zero-order chi connectivity index (χ0) is 10.1. The normalized spacial score (nSPS) is 10.3. The number of hydrogen-bond acceptors (Lipinski definition) is 5. The topological polar surface area (TPSA) is 96.2 Å². The third-order valence-electron chi connectivity index (χ3n) is 1.72. The van der Waals surface area contributed by atoms with E-state index in [0.717, 1.165) is 0 Å². The molecule has 0 aromatic carbocycles. The summed E-state index contributed by atoms with van der Waals surface area (Å²) in [5.41, 5.74) is -0.219. The van der Waals surface area contributed by atoms with Crippen molar-refractivity contribution in [2.45, 2.75) is 0 Å². The number of rotatable bonds is 1. The highest BCUT2D eigenvalue weighted by molar-refractivity contribution is 5.95. The summed E-state index contributed by atoms with van der Waals surface area (Å²) in [7, 11) is 0. The molecule has 0 radical (unpaired) electrons. The minimum absolute atomic E-state index is 0.187. The lowest BCUT2D eigenvalue weighted by Gasteiger charge is -2.00. The van der Waals surface area contributed by atoms with Crippen LogP contribution in [-0.4, -0.2) is 31.1 Å². The maximum atomic E-state index is 10.6. The fourth-order valence-electron chi connectivity index (χ4n) is 1.10. The Kier molecular flexibility index (Phi) is 1.74. The lowest BCUT2D eigenvalue weighted by Crippen LogP contribution is -2.01. The molecule has 2 aromatic rings. The van der Waals surface area contributed by atoms with E-state index in [1.54, 1.807) is 0 Å². The summed E-state index contributed by atoms with van der Waals surface area (Å²) in [5.74, 6) is -1.72. The Balaban J connectivity index is 2.81. The quantitative estimate of drug-likeness (QED) is 0.678. The molecule has 0 saturated heterocycles. The van der Waals surface area contributed by atoms with Crippen LogP contribution in [0.5, 0.6) is 5.75 Å². The van der Waals surface area contributed by atoms with Crippen LogP contribution in [0, 0.1) is 0 Å². The smallest absolute Gasteiger partial charge is 0.358 e. The molecular formula is C8H5N3O3. The van der Waals surface area contributed by atoms with Crippen molar-refractivity contribution in [3.63, 3.8) is 0 Å². The van der Waals surface area contributed by atoms with Gasteiger partial charge in [0.2, 0.25) is 0 Å². The van der Waals surface area contributed by atoms with Gasteiger partial charge in [0, 0.05) is 17.8 Å². The van der Waals surface area contributed by atoms with Crippen LogP contribution in [0.25, 0.3) is 10.9 Å². The Labute approximate surface area is 77.9 Å². The van der Waals surface area contributed by atoms with Crippen molar-refractivity contribution in [2.75, 3.05) is 0 Å². The van der Waals surface area contributed by atoms with Gasteiger partial charge in [-0.1, -0.05) is 0 Å². The number of fused-ring (bicyclic) bond motifs is 1. The van der Waals surface area contributed by atoms with Crippen molar-refractivity contribution in [1.82, 2.24) is 15.0 Å². The molecule has 2 rings (SSSR count). The number of carboxylic acids is 1. The van der Waals surface area contributed by atoms with Crippen molar-refractivity contribution in [3.8, 4) is 5.75 Å². The minimum atomic E-state index is -1.29. The third-order valence-corrected chi connectivity index (χ3v) is 1.72. The Hall–Kier alpha value is -2.24. The highest BCUT2D eigenvalue weighted by Crippen LogP contribution is 2.23. The zero-order valence-corrected chi connectivity index (χ0v) is 6.88. The number of aromatic nitrogens is 3. The molecule has 0 spiro atoms. The van der Waals surface area contributed by atoms with Gasteiger partial charge < -0.3 is 10.2 Å². The van der Waals surface area contributed by atoms with Gasteiger partial charge in [-0.2, -0.15) is 0 Å². The number of aromatic carboxylic acids is 1. The third kappa shape index (κ3) is 1.13. The summed E-state index contributed by atoms with van der Waals surface area (Å²) in [5, 5.41) is 18.6. The largest absolute Gasteiger partial charge is 0.504 e. The van der Waals surface area contributed by atoms with Gasteiger partial charge in [0.15, 0.2) is 11.4 Å². The van der Waals surface area contributed by atoms with Gasteiger partial charge in [-0.15, -0.1) is 0 Å². The van der Waals surface area contributed by atoms with E-state index in [-0.39, 0.29) is 5.52 Å². The SMILES string of the molecule is O=C(O)c1ncc2cncnc2c1O. The summed E-state index contributed by atoms with van der Waals surface area (Å²) in [6, 6.07) is 0. The summed E-state index contributed by atoms with van der Waals surface area (Å²) >= 11 is 0. The van der Waals surface area contributed by atoms with Crippen molar-refractivity contribution in [1.29, 1.82) is 0 Å². The molecule has 2 aromatic heterocycles. The van der Waals surface area contributed by atoms with Crippen LogP contribution in [0.4, 0.5) is 0 Å². The van der Waals surface area contributed by atoms with Crippen molar-refractivity contribution in [2.24, 2.45) is 0 Å². The molecular weight excluding hydrogens is 186 g/mol. The van der Waals surface area contributed by atoms with Gasteiger partial charge in [0.05, 0.1) is 0 Å². The molecule has 2 heterocycles. The van der Waals surface area contributed by atoms with E-state index in [1.807, 2.05) is 0 Å². The van der Waals surface area contributed by atoms with Gasteiger partial charge in [-0.25, -0.2) is 19.7 Å². The van der Waals surface area contributed by atoms with Crippen molar-refractivity contribution in [3.05, 3.63) is 24.4 Å². The van der Waals surface area contributed by atoms with E-state index in [9.17, 15) is 9.90 Å². The molecule has 0 amide bonds. The molecule has 0 aliphatic heterocycles. The van der Waals surface area contributed by atoms with Crippen molar-refractivity contribution < 1.29 is 15.0 Å². The molecule has 0 atom stereocenters. The Morgan fingerprint density at radius 2 is 2.07 bits per heavy atom. The second-order valence-electron chi connectivity index (χ2n) is 2.59. The summed E-state index contributed by atoms with van der Waals surface area (Å²) in [4.78, 5) is 21.7. The highest BCUT2D eigenvalue weighted by Gasteiger charge is 2.14. The fourth-order valence-corrected chi connectivity index (χ4v) is 1.10. The Morgan fingerprint density at radius 1 is 1.29 bits per heavy atom. The molecule has 0 aliphatic rings. The number of nitrogens with zero attached hydrogens (tertiary/aromatic N) is 3. The first-order valence-corrected chi connectivity index (χ1v) is 3.71. The fraction of sp³-hybridized carbons (Fsp3) is 0. The molecule has 0 unspecified atom stereocenters. The predicted octanol–water partition coefficient (Wildman–Crippen LogP) is 0.429. The lowest BCUT2D eigenvalue weighted by atomic mass is 10.2. The highest BCUT2D eigenvalue weighted by atomic mass is 16.4. The van der Waals surface area contributed by atoms with Crippen LogP contribution >= 0.6 is 0 Å². The molecule has 0 bridgehead atoms. The summed E-state index contributed by atoms with van der Waals surface area (Å²) in [6.45, 7) is 0. The van der Waals surface area contributed by atoms with E-state index in [0.29, 0.717) is 5.39 Å². The van der Waals surface area contributed by atoms with E-state index in [1.165, 1.54) is 18.7 Å². The molecule has 0 saturated carbocycles. The average Bonchev–Trinajstić information content (AvgIpc) is 2.18. The summed E-state index contributed by atoms with van der Waals surface area (Å²) in [6.07, 6.45) is 3.98. The summed E-state index contributed by atoms with van der Waals surface area (Å²) < 4.78 is 0. The van der Waals surface area contributed by atoms with E-state index in [2.05, 4.69) is 15.0 Å². The number of carboxylic acid groups (broad SMARTS) is 1. The molecule has 14 heavy (non-hydrogen) atoms. The van der Waals surface area contributed by atoms with Gasteiger partial charge in [-0.05, 0) is 0 Å². The molecule has 2 N–H and O–H groups in total.